The van der Waals surface area contributed by atoms with Crippen LogP contribution in [0.25, 0.3) is 0 Å². The van der Waals surface area contributed by atoms with E-state index in [4.69, 9.17) is 21.1 Å². The fraction of sp³-hybridized carbons (Fsp3) is 0.417. The second kappa shape index (κ2) is 12.0. The summed E-state index contributed by atoms with van der Waals surface area (Å²) < 4.78 is 23.5. The fourth-order valence-electron chi connectivity index (χ4n) is 3.44. The monoisotopic (exact) mass is 462 g/mol. The second-order valence-electron chi connectivity index (χ2n) is 7.33. The predicted molar refractivity (Wildman–Crippen MR) is 122 cm³/mol. The van der Waals surface area contributed by atoms with Gasteiger partial charge in [0.05, 0.1) is 24.3 Å². The topological polar surface area (TPSA) is 69.7 Å². The number of para-hydroxylation sites is 1. The van der Waals surface area contributed by atoms with E-state index in [0.717, 1.165) is 25.7 Å². The lowest BCUT2D eigenvalue weighted by molar-refractivity contribution is -0.147. The number of esters is 1. The van der Waals surface area contributed by atoms with Gasteiger partial charge in [0.15, 0.2) is 14.2 Å². The highest BCUT2D eigenvalue weighted by Gasteiger charge is 2.52. The van der Waals surface area contributed by atoms with Crippen LogP contribution in [-0.4, -0.2) is 25.5 Å². The SMILES string of the molecule is CCCCC(CC)COC(=O)C(P=O)(C(=O)c1cccc(Cl)c1OC)c1ccccc1. The zero-order valence-electron chi connectivity index (χ0n) is 18.1. The van der Waals surface area contributed by atoms with E-state index >= 15 is 0 Å². The quantitative estimate of drug-likeness (QED) is 0.156. The summed E-state index contributed by atoms with van der Waals surface area (Å²) in [7, 11) is 0.694. The zero-order chi connectivity index (χ0) is 22.9. The molecule has 0 heterocycles. The molecule has 0 fully saturated rings. The minimum Gasteiger partial charge on any atom is -0.494 e. The summed E-state index contributed by atoms with van der Waals surface area (Å²) in [5.74, 6) is -1.24. The van der Waals surface area contributed by atoms with E-state index in [1.54, 1.807) is 42.5 Å². The molecule has 31 heavy (non-hydrogen) atoms. The number of hydrogen-bond donors (Lipinski definition) is 0. The van der Waals surface area contributed by atoms with Crippen molar-refractivity contribution >= 4 is 31.8 Å². The third-order valence-corrected chi connectivity index (χ3v) is 6.58. The summed E-state index contributed by atoms with van der Waals surface area (Å²) in [6, 6.07) is 13.0. The van der Waals surface area contributed by atoms with Crippen LogP contribution in [0, 0.1) is 5.92 Å². The fourth-order valence-corrected chi connectivity index (χ4v) is 4.29. The van der Waals surface area contributed by atoms with Gasteiger partial charge in [-0.3, -0.25) is 9.36 Å². The predicted octanol–water partition coefficient (Wildman–Crippen LogP) is 6.48. The number of hydrogen-bond acceptors (Lipinski definition) is 5. The molecule has 0 N–H and O–H groups in total. The van der Waals surface area contributed by atoms with Crippen molar-refractivity contribution in [2.24, 2.45) is 5.92 Å². The molecule has 0 aliphatic carbocycles. The Labute approximate surface area is 190 Å². The molecule has 0 aliphatic rings. The third-order valence-electron chi connectivity index (χ3n) is 5.36. The Morgan fingerprint density at radius 1 is 1.10 bits per heavy atom. The molecule has 2 rings (SSSR count). The summed E-state index contributed by atoms with van der Waals surface area (Å²) in [4.78, 5) is 27.1. The molecule has 0 amide bonds. The van der Waals surface area contributed by atoms with Crippen molar-refractivity contribution in [1.29, 1.82) is 0 Å². The molecule has 2 unspecified atom stereocenters. The van der Waals surface area contributed by atoms with Gasteiger partial charge in [-0.25, -0.2) is 4.79 Å². The Bertz CT molecular complexity index is 902. The van der Waals surface area contributed by atoms with Crippen LogP contribution in [0.15, 0.2) is 48.5 Å². The average Bonchev–Trinajstić information content (AvgIpc) is 2.80. The van der Waals surface area contributed by atoms with Gasteiger partial charge in [-0.2, -0.15) is 0 Å². The molecule has 7 heteroatoms. The van der Waals surface area contributed by atoms with Gasteiger partial charge in [0.1, 0.15) is 5.75 Å². The van der Waals surface area contributed by atoms with Crippen molar-refractivity contribution in [2.45, 2.75) is 44.7 Å². The van der Waals surface area contributed by atoms with Crippen molar-refractivity contribution in [3.05, 3.63) is 64.7 Å². The Kier molecular flexibility index (Phi) is 9.67. The second-order valence-corrected chi connectivity index (χ2v) is 8.59. The molecule has 5 nitrogen and oxygen atoms in total. The van der Waals surface area contributed by atoms with E-state index in [0.29, 0.717) is 0 Å². The normalized spacial score (nSPS) is 13.9. The number of unbranched alkanes of at least 4 members (excludes halogenated alkanes) is 1. The van der Waals surface area contributed by atoms with Crippen LogP contribution in [0.3, 0.4) is 0 Å². The van der Waals surface area contributed by atoms with Crippen LogP contribution in [0.1, 0.15) is 55.5 Å². The number of Topliss-reactive ketones (excluding diaryl/α,β-unsaturated/α-hetero) is 1. The Hall–Kier alpha value is -2.23. The largest absolute Gasteiger partial charge is 0.494 e. The number of benzene rings is 2. The van der Waals surface area contributed by atoms with Gasteiger partial charge in [0.25, 0.3) is 0 Å². The Morgan fingerprint density at radius 2 is 1.81 bits per heavy atom. The number of ether oxygens (including phenoxy) is 2. The summed E-state index contributed by atoms with van der Waals surface area (Å²) in [6.07, 6.45) is 3.84. The van der Waals surface area contributed by atoms with Crippen LogP contribution in [0.2, 0.25) is 5.02 Å². The third kappa shape index (κ3) is 5.53. The van der Waals surface area contributed by atoms with Crippen molar-refractivity contribution in [1.82, 2.24) is 0 Å². The summed E-state index contributed by atoms with van der Waals surface area (Å²) in [5, 5.41) is -1.83. The van der Waals surface area contributed by atoms with E-state index in [-0.39, 0.29) is 34.4 Å². The molecule has 0 aliphatic heterocycles. The van der Waals surface area contributed by atoms with Gasteiger partial charge in [-0.1, -0.05) is 81.1 Å². The molecule has 0 radical (unpaired) electrons. The average molecular weight is 463 g/mol. The molecule has 2 aromatic carbocycles. The molecule has 0 saturated heterocycles. The first kappa shape index (κ1) is 25.0. The number of ketones is 1. The highest BCUT2D eigenvalue weighted by atomic mass is 35.5. The minimum absolute atomic E-state index is 0.0668. The molecular weight excluding hydrogens is 435 g/mol. The van der Waals surface area contributed by atoms with Gasteiger partial charge in [-0.05, 0) is 30.0 Å². The minimum atomic E-state index is -2.05. The molecule has 0 bridgehead atoms. The molecule has 0 saturated carbocycles. The van der Waals surface area contributed by atoms with E-state index in [9.17, 15) is 14.2 Å². The van der Waals surface area contributed by atoms with E-state index in [1.165, 1.54) is 13.2 Å². The van der Waals surface area contributed by atoms with Gasteiger partial charge < -0.3 is 9.47 Å². The molecule has 166 valence electrons. The lowest BCUT2D eigenvalue weighted by Crippen LogP contribution is -2.41. The van der Waals surface area contributed by atoms with Crippen LogP contribution in [-0.2, 0) is 19.3 Å². The Morgan fingerprint density at radius 3 is 2.39 bits per heavy atom. The van der Waals surface area contributed by atoms with E-state index in [2.05, 4.69) is 6.92 Å². The van der Waals surface area contributed by atoms with Gasteiger partial charge >= 0.3 is 5.97 Å². The van der Waals surface area contributed by atoms with Crippen LogP contribution in [0.4, 0.5) is 0 Å². The number of carbonyl (C=O) groups excluding carboxylic acids is 2. The molecule has 0 spiro atoms. The first-order chi connectivity index (χ1) is 15.0. The van der Waals surface area contributed by atoms with Gasteiger partial charge in [0.2, 0.25) is 5.16 Å². The first-order valence-electron chi connectivity index (χ1n) is 10.4. The molecular formula is C24H28ClO5P. The maximum Gasteiger partial charge on any atom is 0.336 e. The number of carbonyl (C=O) groups is 2. The van der Waals surface area contributed by atoms with Crippen molar-refractivity contribution in [3.63, 3.8) is 0 Å². The summed E-state index contributed by atoms with van der Waals surface area (Å²) in [5.41, 5.74) is 0.350. The maximum absolute atomic E-state index is 13.7. The highest BCUT2D eigenvalue weighted by molar-refractivity contribution is 7.29. The lowest BCUT2D eigenvalue weighted by atomic mass is 9.89. The molecule has 2 atom stereocenters. The van der Waals surface area contributed by atoms with Gasteiger partial charge in [0, 0.05) is 0 Å². The van der Waals surface area contributed by atoms with Crippen molar-refractivity contribution in [2.75, 3.05) is 13.7 Å². The van der Waals surface area contributed by atoms with Crippen LogP contribution < -0.4 is 4.74 Å². The smallest absolute Gasteiger partial charge is 0.336 e. The van der Waals surface area contributed by atoms with E-state index < -0.39 is 25.4 Å². The van der Waals surface area contributed by atoms with Crippen LogP contribution >= 0.6 is 20.1 Å². The zero-order valence-corrected chi connectivity index (χ0v) is 19.7. The Balaban J connectivity index is 2.50. The number of halogens is 1. The summed E-state index contributed by atoms with van der Waals surface area (Å²) >= 11 is 6.19. The molecule has 0 aromatic heterocycles. The van der Waals surface area contributed by atoms with E-state index in [1.807, 2.05) is 6.92 Å². The van der Waals surface area contributed by atoms with Crippen LogP contribution in [0.5, 0.6) is 5.75 Å². The van der Waals surface area contributed by atoms with Gasteiger partial charge in [-0.15, -0.1) is 0 Å². The van der Waals surface area contributed by atoms with Crippen molar-refractivity contribution < 1.29 is 23.6 Å². The van der Waals surface area contributed by atoms with Crippen molar-refractivity contribution in [3.8, 4) is 5.75 Å². The number of methoxy groups -OCH3 is 1. The number of rotatable bonds is 12. The first-order valence-corrected chi connectivity index (χ1v) is 11.6. The molecule has 2 aromatic rings. The summed E-state index contributed by atoms with van der Waals surface area (Å²) in [6.45, 7) is 4.30. The maximum atomic E-state index is 13.7. The standard InChI is InChI=1S/C24H28ClO5P/c1-4-6-11-17(5-2)16-30-23(27)24(31-28,18-12-8-7-9-13-18)22(26)19-14-10-15-20(25)21(19)29-3/h7-10,12-15,17H,4-6,11,16H2,1-3H3. The highest BCUT2D eigenvalue weighted by Crippen LogP contribution is 2.43. The lowest BCUT2D eigenvalue weighted by Gasteiger charge is -2.26.